The molecule has 30 heavy (non-hydrogen) atoms. The molecule has 0 saturated heterocycles. The van der Waals surface area contributed by atoms with E-state index >= 15 is 0 Å². The minimum Gasteiger partial charge on any atom is -0.338 e. The third kappa shape index (κ3) is 4.30. The largest absolute Gasteiger partial charge is 0.338 e. The number of benzene rings is 2. The van der Waals surface area contributed by atoms with Gasteiger partial charge >= 0.3 is 0 Å². The molecule has 2 aromatic heterocycles. The number of amides is 1. The van der Waals surface area contributed by atoms with E-state index < -0.39 is 0 Å². The van der Waals surface area contributed by atoms with E-state index in [-0.39, 0.29) is 11.9 Å². The molecule has 0 unspecified atom stereocenters. The molecule has 4 aromatic rings. The number of para-hydroxylation sites is 1. The Labute approximate surface area is 176 Å². The number of nitrogens with zero attached hydrogens (tertiary/aromatic N) is 3. The van der Waals surface area contributed by atoms with Crippen LogP contribution in [-0.2, 0) is 6.54 Å². The number of nitrogens with one attached hydrogen (secondary N) is 1. The summed E-state index contributed by atoms with van der Waals surface area (Å²) in [7, 11) is 0. The molecule has 4 rings (SSSR count). The van der Waals surface area contributed by atoms with Crippen molar-refractivity contribution >= 4 is 28.3 Å². The Morgan fingerprint density at radius 1 is 0.933 bits per heavy atom. The zero-order valence-corrected chi connectivity index (χ0v) is 17.1. The third-order valence-electron chi connectivity index (χ3n) is 4.99. The van der Waals surface area contributed by atoms with Crippen LogP contribution in [0.2, 0.25) is 0 Å². The number of anilines is 2. The lowest BCUT2D eigenvalue weighted by Gasteiger charge is -2.27. The van der Waals surface area contributed by atoms with Crippen molar-refractivity contribution in [2.75, 3.05) is 5.32 Å². The highest BCUT2D eigenvalue weighted by Gasteiger charge is 2.19. The predicted molar refractivity (Wildman–Crippen MR) is 121 cm³/mol. The number of aromatic nitrogens is 2. The van der Waals surface area contributed by atoms with E-state index in [9.17, 15) is 4.79 Å². The van der Waals surface area contributed by atoms with E-state index in [1.165, 1.54) is 0 Å². The van der Waals surface area contributed by atoms with Gasteiger partial charge in [0.15, 0.2) is 0 Å². The summed E-state index contributed by atoms with van der Waals surface area (Å²) in [4.78, 5) is 23.9. The standard InChI is InChI=1S/C25H24N4O/c1-18(2)29(17-19-8-4-3-5-9-19)25(30)21-13-14-23(27-16-21)28-22-12-6-10-20-11-7-15-26-24(20)22/h3-16,18H,17H2,1-2H3,(H,27,28). The number of hydrogen-bond donors (Lipinski definition) is 1. The lowest BCUT2D eigenvalue weighted by atomic mass is 10.1. The van der Waals surface area contributed by atoms with E-state index in [0.717, 1.165) is 22.2 Å². The first kappa shape index (κ1) is 19.6. The molecule has 0 aliphatic carbocycles. The summed E-state index contributed by atoms with van der Waals surface area (Å²) in [5, 5.41) is 4.36. The maximum atomic E-state index is 13.1. The molecule has 0 spiro atoms. The summed E-state index contributed by atoms with van der Waals surface area (Å²) < 4.78 is 0. The number of carbonyl (C=O) groups excluding carboxylic acids is 1. The van der Waals surface area contributed by atoms with E-state index in [2.05, 4.69) is 15.3 Å². The van der Waals surface area contributed by atoms with Crippen molar-refractivity contribution in [3.05, 3.63) is 96.3 Å². The fourth-order valence-corrected chi connectivity index (χ4v) is 3.37. The summed E-state index contributed by atoms with van der Waals surface area (Å²) in [5.74, 6) is 0.642. The summed E-state index contributed by atoms with van der Waals surface area (Å²) >= 11 is 0. The fourth-order valence-electron chi connectivity index (χ4n) is 3.37. The Morgan fingerprint density at radius 3 is 2.47 bits per heavy atom. The van der Waals surface area contributed by atoms with Crippen LogP contribution in [0, 0.1) is 0 Å². The molecule has 0 atom stereocenters. The fraction of sp³-hybridized carbons (Fsp3) is 0.160. The zero-order valence-electron chi connectivity index (χ0n) is 17.1. The van der Waals surface area contributed by atoms with Gasteiger partial charge in [-0.2, -0.15) is 0 Å². The van der Waals surface area contributed by atoms with Gasteiger partial charge in [-0.25, -0.2) is 4.98 Å². The molecule has 1 N–H and O–H groups in total. The first-order valence-electron chi connectivity index (χ1n) is 10.0. The van der Waals surface area contributed by atoms with Crippen LogP contribution in [0.1, 0.15) is 29.8 Å². The van der Waals surface area contributed by atoms with Crippen LogP contribution in [0.25, 0.3) is 10.9 Å². The van der Waals surface area contributed by atoms with E-state index in [1.807, 2.05) is 91.5 Å². The molecule has 5 heteroatoms. The number of hydrogen-bond acceptors (Lipinski definition) is 4. The van der Waals surface area contributed by atoms with Crippen molar-refractivity contribution in [3.8, 4) is 0 Å². The van der Waals surface area contributed by atoms with Gasteiger partial charge in [0.05, 0.1) is 16.8 Å². The van der Waals surface area contributed by atoms with Crippen LogP contribution in [0.3, 0.4) is 0 Å². The zero-order chi connectivity index (χ0) is 20.9. The Morgan fingerprint density at radius 2 is 1.73 bits per heavy atom. The molecule has 0 aliphatic heterocycles. The molecule has 5 nitrogen and oxygen atoms in total. The Balaban J connectivity index is 1.52. The Kier molecular flexibility index (Phi) is 5.70. The molecule has 2 aromatic carbocycles. The van der Waals surface area contributed by atoms with Crippen LogP contribution in [0.4, 0.5) is 11.5 Å². The smallest absolute Gasteiger partial charge is 0.255 e. The molecule has 0 radical (unpaired) electrons. The summed E-state index contributed by atoms with van der Waals surface area (Å²) in [6.45, 7) is 4.62. The van der Waals surface area contributed by atoms with Crippen molar-refractivity contribution < 1.29 is 4.79 Å². The lowest BCUT2D eigenvalue weighted by Crippen LogP contribution is -2.36. The van der Waals surface area contributed by atoms with Crippen molar-refractivity contribution in [2.45, 2.75) is 26.4 Å². The second-order valence-corrected chi connectivity index (χ2v) is 7.45. The average molecular weight is 396 g/mol. The van der Waals surface area contributed by atoms with Crippen LogP contribution in [-0.4, -0.2) is 26.8 Å². The highest BCUT2D eigenvalue weighted by Crippen LogP contribution is 2.24. The number of pyridine rings is 2. The molecule has 0 fully saturated rings. The highest BCUT2D eigenvalue weighted by molar-refractivity contribution is 5.95. The van der Waals surface area contributed by atoms with Crippen LogP contribution in [0.15, 0.2) is 85.2 Å². The van der Waals surface area contributed by atoms with Crippen molar-refractivity contribution in [3.63, 3.8) is 0 Å². The van der Waals surface area contributed by atoms with Crippen molar-refractivity contribution in [2.24, 2.45) is 0 Å². The maximum Gasteiger partial charge on any atom is 0.255 e. The Bertz CT molecular complexity index is 1140. The van der Waals surface area contributed by atoms with Gasteiger partial charge in [-0.1, -0.05) is 48.5 Å². The molecule has 150 valence electrons. The van der Waals surface area contributed by atoms with Gasteiger partial charge in [0.1, 0.15) is 5.82 Å². The summed E-state index contributed by atoms with van der Waals surface area (Å²) in [6.07, 6.45) is 3.40. The second-order valence-electron chi connectivity index (χ2n) is 7.45. The predicted octanol–water partition coefficient (Wildman–Crippen LogP) is 5.42. The van der Waals surface area contributed by atoms with Gasteiger partial charge in [0.25, 0.3) is 5.91 Å². The molecular formula is C25H24N4O. The maximum absolute atomic E-state index is 13.1. The highest BCUT2D eigenvalue weighted by atomic mass is 16.2. The number of rotatable bonds is 6. The van der Waals surface area contributed by atoms with E-state index in [0.29, 0.717) is 17.9 Å². The molecule has 2 heterocycles. The van der Waals surface area contributed by atoms with Gasteiger partial charge in [0, 0.05) is 30.4 Å². The number of carbonyl (C=O) groups is 1. The second kappa shape index (κ2) is 8.74. The monoisotopic (exact) mass is 396 g/mol. The first-order chi connectivity index (χ1) is 14.6. The Hall–Kier alpha value is -3.73. The minimum atomic E-state index is -0.0280. The van der Waals surface area contributed by atoms with Gasteiger partial charge in [-0.05, 0) is 43.7 Å². The molecule has 0 saturated carbocycles. The van der Waals surface area contributed by atoms with Crippen molar-refractivity contribution in [1.29, 1.82) is 0 Å². The molecular weight excluding hydrogens is 372 g/mol. The summed E-state index contributed by atoms with van der Waals surface area (Å²) in [5.41, 5.74) is 3.44. The van der Waals surface area contributed by atoms with Gasteiger partial charge < -0.3 is 10.2 Å². The first-order valence-corrected chi connectivity index (χ1v) is 10.0. The number of fused-ring (bicyclic) bond motifs is 1. The normalized spacial score (nSPS) is 10.9. The SMILES string of the molecule is CC(C)N(Cc1ccccc1)C(=O)c1ccc(Nc2cccc3cccnc23)nc1. The topological polar surface area (TPSA) is 58.1 Å². The van der Waals surface area contributed by atoms with Crippen LogP contribution in [0.5, 0.6) is 0 Å². The molecule has 0 bridgehead atoms. The lowest BCUT2D eigenvalue weighted by molar-refractivity contribution is 0.0690. The van der Waals surface area contributed by atoms with E-state index in [4.69, 9.17) is 0 Å². The van der Waals surface area contributed by atoms with Gasteiger partial charge in [-0.3, -0.25) is 9.78 Å². The van der Waals surface area contributed by atoms with Crippen LogP contribution < -0.4 is 5.32 Å². The van der Waals surface area contributed by atoms with Gasteiger partial charge in [0.2, 0.25) is 0 Å². The molecule has 1 amide bonds. The summed E-state index contributed by atoms with van der Waals surface area (Å²) in [6, 6.07) is 23.7. The quantitative estimate of drug-likeness (QED) is 0.472. The van der Waals surface area contributed by atoms with Crippen molar-refractivity contribution in [1.82, 2.24) is 14.9 Å². The van der Waals surface area contributed by atoms with Gasteiger partial charge in [-0.15, -0.1) is 0 Å². The molecule has 0 aliphatic rings. The minimum absolute atomic E-state index is 0.0280. The third-order valence-corrected chi connectivity index (χ3v) is 4.99. The van der Waals surface area contributed by atoms with Crippen LogP contribution >= 0.6 is 0 Å². The average Bonchev–Trinajstić information content (AvgIpc) is 2.78. The van der Waals surface area contributed by atoms with E-state index in [1.54, 1.807) is 12.4 Å².